The summed E-state index contributed by atoms with van der Waals surface area (Å²) in [5.41, 5.74) is -2.46. The standard InChI is InChI=1S/C28H25F5N4O3S/c1-2-22(38)35-7-9-36(10-8-35)26-19-12-20(28(31,32)33)23(18-6-3-15(29)11-21(18)30)25-24(19)37(27(39)34-26)13-17(14-41-25)40-16-4-5-16/h2-3,6,11-12,16-17H,1,4-5,7-10,13-14H2. The van der Waals surface area contributed by atoms with Crippen LogP contribution in [0, 0.1) is 11.6 Å². The van der Waals surface area contributed by atoms with E-state index in [1.54, 1.807) is 9.80 Å². The molecule has 216 valence electrons. The Morgan fingerprint density at radius 3 is 2.46 bits per heavy atom. The first-order chi connectivity index (χ1) is 19.5. The molecule has 1 aromatic heterocycles. The minimum atomic E-state index is -4.91. The molecule has 41 heavy (non-hydrogen) atoms. The summed E-state index contributed by atoms with van der Waals surface area (Å²) >= 11 is 1.06. The van der Waals surface area contributed by atoms with Crippen molar-refractivity contribution in [2.24, 2.45) is 0 Å². The molecule has 1 amide bonds. The SMILES string of the molecule is C=CC(=O)N1CCN(c2nc(=O)n3c4c(c(-c5ccc(F)cc5F)c(C(F)(F)F)cc24)SCC(OC2CC2)C3)CC1. The average Bonchev–Trinajstić information content (AvgIpc) is 3.77. The van der Waals surface area contributed by atoms with Crippen LogP contribution in [0.3, 0.4) is 0 Å². The van der Waals surface area contributed by atoms with Crippen molar-refractivity contribution >= 4 is 34.4 Å². The largest absolute Gasteiger partial charge is 0.417 e. The third-order valence-electron chi connectivity index (χ3n) is 7.48. The van der Waals surface area contributed by atoms with E-state index in [0.29, 0.717) is 6.07 Å². The van der Waals surface area contributed by atoms with Gasteiger partial charge in [-0.05, 0) is 37.1 Å². The maximum Gasteiger partial charge on any atom is 0.417 e. The minimum absolute atomic E-state index is 0.0227. The number of aromatic nitrogens is 2. The van der Waals surface area contributed by atoms with Crippen molar-refractivity contribution in [3.8, 4) is 11.1 Å². The highest BCUT2D eigenvalue weighted by atomic mass is 32.2. The Kier molecular flexibility index (Phi) is 7.05. The van der Waals surface area contributed by atoms with E-state index in [1.807, 2.05) is 0 Å². The van der Waals surface area contributed by atoms with Crippen molar-refractivity contribution in [3.05, 3.63) is 64.6 Å². The highest BCUT2D eigenvalue weighted by Gasteiger charge is 2.40. The van der Waals surface area contributed by atoms with Crippen LogP contribution in [0.2, 0.25) is 0 Å². The second kappa shape index (κ2) is 10.4. The van der Waals surface area contributed by atoms with Gasteiger partial charge in [0.15, 0.2) is 0 Å². The van der Waals surface area contributed by atoms with Gasteiger partial charge in [0, 0.05) is 59.4 Å². The van der Waals surface area contributed by atoms with Crippen LogP contribution in [0.1, 0.15) is 18.4 Å². The maximum absolute atomic E-state index is 15.1. The number of thioether (sulfide) groups is 1. The molecule has 1 aliphatic carbocycles. The Labute approximate surface area is 235 Å². The van der Waals surface area contributed by atoms with E-state index in [9.17, 15) is 27.2 Å². The predicted molar refractivity (Wildman–Crippen MR) is 144 cm³/mol. The summed E-state index contributed by atoms with van der Waals surface area (Å²) in [6, 6.07) is 3.34. The molecule has 0 N–H and O–H groups in total. The third-order valence-corrected chi connectivity index (χ3v) is 8.70. The first kappa shape index (κ1) is 27.7. The number of carbonyl (C=O) groups excluding carboxylic acids is 1. The molecule has 0 radical (unpaired) electrons. The Balaban J connectivity index is 1.60. The number of nitrogens with zero attached hydrogens (tertiary/aromatic N) is 4. The molecule has 6 rings (SSSR count). The summed E-state index contributed by atoms with van der Waals surface area (Å²) in [5, 5.41) is 0.0845. The second-order valence-electron chi connectivity index (χ2n) is 10.3. The molecular formula is C28H25F5N4O3S. The number of hydrogen-bond acceptors (Lipinski definition) is 6. The van der Waals surface area contributed by atoms with Crippen molar-refractivity contribution in [2.75, 3.05) is 36.8 Å². The lowest BCUT2D eigenvalue weighted by Gasteiger charge is -2.35. The van der Waals surface area contributed by atoms with Crippen LogP contribution in [-0.2, 0) is 22.3 Å². The molecule has 13 heteroatoms. The number of piperazine rings is 1. The number of carbonyl (C=O) groups is 1. The Morgan fingerprint density at radius 2 is 1.83 bits per heavy atom. The van der Waals surface area contributed by atoms with Crippen molar-refractivity contribution in [3.63, 3.8) is 0 Å². The summed E-state index contributed by atoms with van der Waals surface area (Å²) in [6.45, 7) is 4.55. The van der Waals surface area contributed by atoms with Gasteiger partial charge in [0.25, 0.3) is 0 Å². The topological polar surface area (TPSA) is 67.7 Å². The first-order valence-corrected chi connectivity index (χ1v) is 14.1. The predicted octanol–water partition coefficient (Wildman–Crippen LogP) is 4.85. The lowest BCUT2D eigenvalue weighted by molar-refractivity contribution is -0.137. The summed E-state index contributed by atoms with van der Waals surface area (Å²) in [6.07, 6.45) is -2.46. The average molecular weight is 593 g/mol. The van der Waals surface area contributed by atoms with E-state index in [0.717, 1.165) is 42.8 Å². The third kappa shape index (κ3) is 5.21. The highest BCUT2D eigenvalue weighted by molar-refractivity contribution is 7.99. The Hall–Kier alpha value is -3.45. The van der Waals surface area contributed by atoms with Crippen molar-refractivity contribution in [2.45, 2.75) is 42.7 Å². The van der Waals surface area contributed by atoms with Crippen LogP contribution in [0.15, 0.2) is 46.6 Å². The van der Waals surface area contributed by atoms with Crippen molar-refractivity contribution < 1.29 is 31.5 Å². The highest BCUT2D eigenvalue weighted by Crippen LogP contribution is 2.49. The lowest BCUT2D eigenvalue weighted by atomic mass is 9.95. The van der Waals surface area contributed by atoms with Gasteiger partial charge < -0.3 is 14.5 Å². The van der Waals surface area contributed by atoms with Crippen LogP contribution < -0.4 is 10.6 Å². The van der Waals surface area contributed by atoms with Crippen LogP contribution in [0.4, 0.5) is 27.8 Å². The lowest BCUT2D eigenvalue weighted by Crippen LogP contribution is -2.49. The molecule has 3 aromatic rings. The molecular weight excluding hydrogens is 567 g/mol. The van der Waals surface area contributed by atoms with Gasteiger partial charge in [0.2, 0.25) is 5.91 Å². The van der Waals surface area contributed by atoms with Gasteiger partial charge in [-0.2, -0.15) is 18.2 Å². The Morgan fingerprint density at radius 1 is 1.10 bits per heavy atom. The summed E-state index contributed by atoms with van der Waals surface area (Å²) in [5.74, 6) is -2.05. The molecule has 0 bridgehead atoms. The van der Waals surface area contributed by atoms with Gasteiger partial charge in [-0.25, -0.2) is 13.6 Å². The summed E-state index contributed by atoms with van der Waals surface area (Å²) in [7, 11) is 0. The number of ether oxygens (including phenoxy) is 1. The van der Waals surface area contributed by atoms with Crippen molar-refractivity contribution in [1.82, 2.24) is 14.5 Å². The molecule has 2 aliphatic heterocycles. The van der Waals surface area contributed by atoms with Gasteiger partial charge in [-0.3, -0.25) is 9.36 Å². The molecule has 1 saturated heterocycles. The molecule has 0 spiro atoms. The van der Waals surface area contributed by atoms with E-state index in [-0.39, 0.29) is 72.1 Å². The quantitative estimate of drug-likeness (QED) is 0.312. The number of anilines is 1. The fourth-order valence-corrected chi connectivity index (χ4v) is 6.64. The van der Waals surface area contributed by atoms with E-state index in [2.05, 4.69) is 11.6 Å². The van der Waals surface area contributed by atoms with Gasteiger partial charge >= 0.3 is 11.9 Å². The number of rotatable bonds is 5. The molecule has 3 aliphatic rings. The van der Waals surface area contributed by atoms with Crippen LogP contribution in [0.5, 0.6) is 0 Å². The van der Waals surface area contributed by atoms with Gasteiger partial charge in [-0.1, -0.05) is 6.58 Å². The zero-order valence-corrected chi connectivity index (χ0v) is 22.5. The molecule has 3 heterocycles. The maximum atomic E-state index is 15.1. The van der Waals surface area contributed by atoms with Crippen LogP contribution >= 0.6 is 11.8 Å². The molecule has 1 unspecified atom stereocenters. The number of amides is 1. The van der Waals surface area contributed by atoms with E-state index >= 15 is 4.39 Å². The zero-order valence-electron chi connectivity index (χ0n) is 21.7. The number of hydrogen-bond donors (Lipinski definition) is 0. The normalized spacial score (nSPS) is 19.4. The molecule has 1 atom stereocenters. The summed E-state index contributed by atoms with van der Waals surface area (Å²) < 4.78 is 80.4. The van der Waals surface area contributed by atoms with E-state index in [4.69, 9.17) is 4.74 Å². The van der Waals surface area contributed by atoms with E-state index < -0.39 is 46.3 Å². The molecule has 2 aromatic carbocycles. The summed E-state index contributed by atoms with van der Waals surface area (Å²) in [4.78, 5) is 33.1. The van der Waals surface area contributed by atoms with Crippen LogP contribution in [0.25, 0.3) is 22.0 Å². The molecule has 7 nitrogen and oxygen atoms in total. The van der Waals surface area contributed by atoms with Crippen molar-refractivity contribution in [1.29, 1.82) is 0 Å². The molecule has 2 fully saturated rings. The smallest absolute Gasteiger partial charge is 0.372 e. The fraction of sp³-hybridized carbons (Fsp3) is 0.393. The van der Waals surface area contributed by atoms with Gasteiger partial charge in [0.1, 0.15) is 17.5 Å². The number of alkyl halides is 3. The van der Waals surface area contributed by atoms with Crippen LogP contribution in [-0.4, -0.2) is 64.5 Å². The number of halogens is 5. The first-order valence-electron chi connectivity index (χ1n) is 13.1. The number of benzene rings is 2. The van der Waals surface area contributed by atoms with E-state index in [1.165, 1.54) is 10.6 Å². The van der Waals surface area contributed by atoms with Gasteiger partial charge in [0.05, 0.1) is 29.8 Å². The molecule has 1 saturated carbocycles. The fourth-order valence-electron chi connectivity index (χ4n) is 5.39. The minimum Gasteiger partial charge on any atom is -0.372 e. The monoisotopic (exact) mass is 592 g/mol. The zero-order chi connectivity index (χ0) is 29.1. The second-order valence-corrected chi connectivity index (χ2v) is 11.3. The van der Waals surface area contributed by atoms with Gasteiger partial charge in [-0.15, -0.1) is 11.8 Å². The Bertz CT molecular complexity index is 1610.